The summed E-state index contributed by atoms with van der Waals surface area (Å²) < 4.78 is 6.55. The Kier molecular flexibility index (Phi) is 3.79. The van der Waals surface area contributed by atoms with E-state index in [2.05, 4.69) is 15.3 Å². The summed E-state index contributed by atoms with van der Waals surface area (Å²) in [6, 6.07) is 3.22. The second-order valence-corrected chi connectivity index (χ2v) is 4.11. The average Bonchev–Trinajstić information content (AvgIpc) is 2.84. The first kappa shape index (κ1) is 13.1. The van der Waals surface area contributed by atoms with Crippen LogP contribution in [0.3, 0.4) is 0 Å². The molecular formula is C13H16N4O2. The first-order chi connectivity index (χ1) is 9.13. The van der Waals surface area contributed by atoms with Gasteiger partial charge in [0.25, 0.3) is 0 Å². The molecule has 100 valence electrons. The van der Waals surface area contributed by atoms with Crippen LogP contribution in [0.4, 0.5) is 5.69 Å². The second kappa shape index (κ2) is 5.51. The van der Waals surface area contributed by atoms with Gasteiger partial charge in [-0.25, -0.2) is 14.8 Å². The lowest BCUT2D eigenvalue weighted by Gasteiger charge is -2.16. The van der Waals surface area contributed by atoms with Crippen LogP contribution in [0.25, 0.3) is 5.82 Å². The van der Waals surface area contributed by atoms with Gasteiger partial charge in [0.15, 0.2) is 5.82 Å². The SMILES string of the molecule is COC(=O)C(C)Nc1cccnc1-n1ccnc1C. The number of carbonyl (C=O) groups excluding carboxylic acids is 1. The molecule has 0 spiro atoms. The Labute approximate surface area is 111 Å². The molecule has 0 fully saturated rings. The highest BCUT2D eigenvalue weighted by molar-refractivity contribution is 5.79. The summed E-state index contributed by atoms with van der Waals surface area (Å²) in [5.41, 5.74) is 0.751. The maximum atomic E-state index is 11.5. The first-order valence-electron chi connectivity index (χ1n) is 5.93. The normalized spacial score (nSPS) is 11.9. The fourth-order valence-electron chi connectivity index (χ4n) is 1.77. The van der Waals surface area contributed by atoms with E-state index in [1.54, 1.807) is 19.3 Å². The van der Waals surface area contributed by atoms with Crippen LogP contribution in [0, 0.1) is 6.92 Å². The van der Waals surface area contributed by atoms with Crippen LogP contribution in [0.15, 0.2) is 30.7 Å². The molecule has 0 aliphatic rings. The Hall–Kier alpha value is -2.37. The van der Waals surface area contributed by atoms with Gasteiger partial charge in [0.2, 0.25) is 0 Å². The van der Waals surface area contributed by atoms with E-state index in [0.717, 1.165) is 11.5 Å². The topological polar surface area (TPSA) is 69.0 Å². The molecule has 0 saturated carbocycles. The van der Waals surface area contributed by atoms with Crippen molar-refractivity contribution >= 4 is 11.7 Å². The molecule has 19 heavy (non-hydrogen) atoms. The van der Waals surface area contributed by atoms with E-state index in [1.165, 1.54) is 7.11 Å². The highest BCUT2D eigenvalue weighted by Crippen LogP contribution is 2.19. The number of anilines is 1. The van der Waals surface area contributed by atoms with Crippen molar-refractivity contribution in [2.45, 2.75) is 19.9 Å². The van der Waals surface area contributed by atoms with E-state index in [9.17, 15) is 4.79 Å². The van der Waals surface area contributed by atoms with Gasteiger partial charge in [-0.3, -0.25) is 4.57 Å². The summed E-state index contributed by atoms with van der Waals surface area (Å²) >= 11 is 0. The quantitative estimate of drug-likeness (QED) is 0.845. The summed E-state index contributed by atoms with van der Waals surface area (Å²) in [5, 5.41) is 3.09. The third kappa shape index (κ3) is 2.73. The van der Waals surface area contributed by atoms with E-state index < -0.39 is 6.04 Å². The average molecular weight is 260 g/mol. The molecule has 0 aliphatic heterocycles. The van der Waals surface area contributed by atoms with Gasteiger partial charge in [-0.05, 0) is 26.0 Å². The fourth-order valence-corrected chi connectivity index (χ4v) is 1.77. The van der Waals surface area contributed by atoms with Gasteiger partial charge in [0, 0.05) is 18.6 Å². The van der Waals surface area contributed by atoms with Gasteiger partial charge >= 0.3 is 5.97 Å². The molecule has 6 heteroatoms. The Balaban J connectivity index is 2.32. The lowest BCUT2D eigenvalue weighted by molar-refractivity contribution is -0.141. The van der Waals surface area contributed by atoms with Crippen LogP contribution in [-0.2, 0) is 9.53 Å². The Bertz CT molecular complexity index is 580. The molecule has 1 N–H and O–H groups in total. The van der Waals surface area contributed by atoms with Crippen molar-refractivity contribution in [3.63, 3.8) is 0 Å². The number of esters is 1. The van der Waals surface area contributed by atoms with Gasteiger partial charge < -0.3 is 10.1 Å². The molecular weight excluding hydrogens is 244 g/mol. The summed E-state index contributed by atoms with van der Waals surface area (Å²) in [6.45, 7) is 3.63. The molecule has 2 heterocycles. The molecule has 0 radical (unpaired) electrons. The molecule has 0 bridgehead atoms. The number of pyridine rings is 1. The summed E-state index contributed by atoms with van der Waals surface area (Å²) in [7, 11) is 1.37. The van der Waals surface area contributed by atoms with E-state index in [4.69, 9.17) is 4.74 Å². The van der Waals surface area contributed by atoms with Gasteiger partial charge in [0.1, 0.15) is 11.9 Å². The smallest absolute Gasteiger partial charge is 0.327 e. The van der Waals surface area contributed by atoms with Crippen molar-refractivity contribution < 1.29 is 9.53 Å². The zero-order valence-electron chi connectivity index (χ0n) is 11.1. The predicted octanol–water partition coefficient (Wildman–Crippen LogP) is 1.55. The molecule has 2 aromatic rings. The van der Waals surface area contributed by atoms with Crippen LogP contribution in [0.2, 0.25) is 0 Å². The molecule has 0 saturated heterocycles. The molecule has 1 atom stereocenters. The Morgan fingerprint density at radius 2 is 2.21 bits per heavy atom. The molecule has 2 rings (SSSR count). The fraction of sp³-hybridized carbons (Fsp3) is 0.308. The van der Waals surface area contributed by atoms with E-state index in [-0.39, 0.29) is 5.97 Å². The van der Waals surface area contributed by atoms with Gasteiger partial charge in [-0.15, -0.1) is 0 Å². The third-order valence-corrected chi connectivity index (χ3v) is 2.77. The van der Waals surface area contributed by atoms with Gasteiger partial charge in [-0.1, -0.05) is 0 Å². The van der Waals surface area contributed by atoms with Crippen molar-refractivity contribution in [2.24, 2.45) is 0 Å². The highest BCUT2D eigenvalue weighted by atomic mass is 16.5. The number of aromatic nitrogens is 3. The number of methoxy groups -OCH3 is 1. The first-order valence-corrected chi connectivity index (χ1v) is 5.93. The largest absolute Gasteiger partial charge is 0.467 e. The second-order valence-electron chi connectivity index (χ2n) is 4.11. The van der Waals surface area contributed by atoms with Crippen LogP contribution < -0.4 is 5.32 Å². The van der Waals surface area contributed by atoms with Gasteiger partial charge in [-0.2, -0.15) is 0 Å². The van der Waals surface area contributed by atoms with E-state index in [1.807, 2.05) is 29.8 Å². The van der Waals surface area contributed by atoms with Gasteiger partial charge in [0.05, 0.1) is 12.8 Å². The number of imidazole rings is 1. The lowest BCUT2D eigenvalue weighted by Crippen LogP contribution is -2.27. The summed E-state index contributed by atoms with van der Waals surface area (Å²) in [5.74, 6) is 1.21. The van der Waals surface area contributed by atoms with Crippen LogP contribution >= 0.6 is 0 Å². The summed E-state index contributed by atoms with van der Waals surface area (Å²) in [6.07, 6.45) is 5.23. The minimum absolute atomic E-state index is 0.322. The molecule has 6 nitrogen and oxygen atoms in total. The molecule has 0 aliphatic carbocycles. The van der Waals surface area contributed by atoms with Crippen LogP contribution in [0.5, 0.6) is 0 Å². The van der Waals surface area contributed by atoms with Crippen molar-refractivity contribution in [1.82, 2.24) is 14.5 Å². The third-order valence-electron chi connectivity index (χ3n) is 2.77. The minimum atomic E-state index is -0.447. The zero-order chi connectivity index (χ0) is 13.8. The number of hydrogen-bond acceptors (Lipinski definition) is 5. The lowest BCUT2D eigenvalue weighted by atomic mass is 10.3. The molecule has 1 unspecified atom stereocenters. The van der Waals surface area contributed by atoms with Crippen molar-refractivity contribution in [2.75, 3.05) is 12.4 Å². The predicted molar refractivity (Wildman–Crippen MR) is 71.2 cm³/mol. The monoisotopic (exact) mass is 260 g/mol. The minimum Gasteiger partial charge on any atom is -0.467 e. The van der Waals surface area contributed by atoms with E-state index >= 15 is 0 Å². The number of nitrogens with zero attached hydrogens (tertiary/aromatic N) is 3. The maximum Gasteiger partial charge on any atom is 0.327 e. The van der Waals surface area contributed by atoms with Crippen molar-refractivity contribution in [3.8, 4) is 5.82 Å². The molecule has 0 amide bonds. The number of carbonyl (C=O) groups is 1. The van der Waals surface area contributed by atoms with Crippen molar-refractivity contribution in [3.05, 3.63) is 36.5 Å². The number of hydrogen-bond donors (Lipinski definition) is 1. The van der Waals surface area contributed by atoms with Crippen LogP contribution in [0.1, 0.15) is 12.7 Å². The number of aryl methyl sites for hydroxylation is 1. The Morgan fingerprint density at radius 1 is 1.42 bits per heavy atom. The van der Waals surface area contributed by atoms with Crippen LogP contribution in [-0.4, -0.2) is 33.7 Å². The Morgan fingerprint density at radius 3 is 2.84 bits per heavy atom. The number of ether oxygens (including phenoxy) is 1. The number of rotatable bonds is 4. The molecule has 0 aromatic carbocycles. The zero-order valence-corrected chi connectivity index (χ0v) is 11.1. The number of nitrogens with one attached hydrogen (secondary N) is 1. The standard InChI is InChI=1S/C13H16N4O2/c1-9(13(18)19-3)16-11-5-4-6-15-12(11)17-8-7-14-10(17)2/h4-9,16H,1-3H3. The van der Waals surface area contributed by atoms with E-state index in [0.29, 0.717) is 5.82 Å². The maximum absolute atomic E-state index is 11.5. The summed E-state index contributed by atoms with van der Waals surface area (Å²) in [4.78, 5) is 20.0. The van der Waals surface area contributed by atoms with Crippen molar-refractivity contribution in [1.29, 1.82) is 0 Å². The molecule has 2 aromatic heterocycles. The highest BCUT2D eigenvalue weighted by Gasteiger charge is 2.15.